The number of pyridine rings is 1. The summed E-state index contributed by atoms with van der Waals surface area (Å²) < 4.78 is 60.1. The second kappa shape index (κ2) is 6.81. The van der Waals surface area contributed by atoms with Gasteiger partial charge in [-0.2, -0.15) is 4.57 Å². The van der Waals surface area contributed by atoms with Crippen LogP contribution in [0.15, 0.2) is 0 Å². The van der Waals surface area contributed by atoms with Gasteiger partial charge in [-0.1, -0.05) is 25.4 Å². The molecule has 3 atom stereocenters. The van der Waals surface area contributed by atoms with Crippen molar-refractivity contribution in [2.24, 2.45) is 0 Å². The molecule has 5 aliphatic rings. The lowest BCUT2D eigenvalue weighted by Crippen LogP contribution is -2.36. The summed E-state index contributed by atoms with van der Waals surface area (Å²) >= 11 is 6.39. The molecule has 2 aromatic rings. The summed E-state index contributed by atoms with van der Waals surface area (Å²) in [4.78, 5) is 6.70. The number of hydroxylamine groups is 1. The third-order valence-corrected chi connectivity index (χ3v) is 8.69. The molecule has 0 amide bonds. The van der Waals surface area contributed by atoms with Gasteiger partial charge in [0.1, 0.15) is 16.2 Å². The van der Waals surface area contributed by atoms with Crippen LogP contribution in [-0.4, -0.2) is 35.6 Å². The van der Waals surface area contributed by atoms with Crippen molar-refractivity contribution in [3.8, 4) is 28.9 Å². The largest absolute Gasteiger partial charge is 0.648 e. The summed E-state index contributed by atoms with van der Waals surface area (Å²) in [6.45, 7) is 8.96. The molecular formula is C18H20ClN3O8P2. The van der Waals surface area contributed by atoms with Crippen LogP contribution in [0.3, 0.4) is 0 Å². The van der Waals surface area contributed by atoms with Crippen molar-refractivity contribution in [2.75, 3.05) is 24.7 Å². The monoisotopic (exact) mass is 503 g/mol. The normalized spacial score (nSPS) is 26.6. The lowest BCUT2D eigenvalue weighted by molar-refractivity contribution is 0.161. The number of fused-ring (bicyclic) bond motifs is 2. The Kier molecular flexibility index (Phi) is 4.40. The summed E-state index contributed by atoms with van der Waals surface area (Å²) in [6.07, 6.45) is 1.55. The molecule has 0 N–H and O–H groups in total. The average Bonchev–Trinajstić information content (AvgIpc) is 3.02. The van der Waals surface area contributed by atoms with Gasteiger partial charge in [0, 0.05) is 0 Å². The van der Waals surface area contributed by atoms with Crippen molar-refractivity contribution in [2.45, 2.75) is 39.7 Å². The van der Waals surface area contributed by atoms with Crippen LogP contribution < -0.4 is 27.7 Å². The molecule has 7 rings (SSSR count). The number of anilines is 1. The number of halogens is 1. The molecule has 5 aliphatic heterocycles. The number of rotatable bonds is 7. The van der Waals surface area contributed by atoms with Gasteiger partial charge in [-0.15, -0.1) is 4.62 Å². The van der Waals surface area contributed by atoms with E-state index in [2.05, 4.69) is 23.7 Å². The number of nitrogens with zero attached hydrogens (tertiary/aromatic N) is 3. The number of phosphoric ester groups is 2. The Morgan fingerprint density at radius 2 is 1.69 bits per heavy atom. The van der Waals surface area contributed by atoms with Crippen LogP contribution in [-0.2, 0) is 13.8 Å². The van der Waals surface area contributed by atoms with Gasteiger partial charge < -0.3 is 27.5 Å². The Morgan fingerprint density at radius 3 is 2.44 bits per heavy atom. The number of benzene rings is 1. The Balaban J connectivity index is 1.52. The van der Waals surface area contributed by atoms with Crippen molar-refractivity contribution >= 4 is 43.8 Å². The number of phosphoric acid groups is 2. The zero-order chi connectivity index (χ0) is 22.4. The number of aromatic nitrogens is 1. The fourth-order valence-electron chi connectivity index (χ4n) is 4.32. The van der Waals surface area contributed by atoms with E-state index < -0.39 is 15.6 Å². The van der Waals surface area contributed by atoms with Crippen molar-refractivity contribution in [3.63, 3.8) is 0 Å². The van der Waals surface area contributed by atoms with Gasteiger partial charge in [-0.3, -0.25) is 0 Å². The summed E-state index contributed by atoms with van der Waals surface area (Å²) in [5.74, 6) is -0.0157. The van der Waals surface area contributed by atoms with Crippen molar-refractivity contribution < 1.29 is 36.4 Å². The lowest BCUT2D eigenvalue weighted by Gasteiger charge is -2.38. The standard InChI is InChI=1S/C18H20ClN3O8P2/c1-4-21(5-2)8-6-7-9(3)22-13-10-12-15-11(19)16(27-32(24,26-15)30-22)14(10)25-31(23)28-17(13)18(20-12)29-31/h9H,4-8H2,1-3H3. The molecule has 0 saturated carbocycles. The molecular weight excluding hydrogens is 484 g/mol. The van der Waals surface area contributed by atoms with Crippen LogP contribution in [0.25, 0.3) is 10.9 Å². The lowest BCUT2D eigenvalue weighted by atomic mass is 10.1. The molecule has 1 aromatic heterocycles. The molecule has 0 fully saturated rings. The second-order valence-electron chi connectivity index (χ2n) is 7.90. The highest BCUT2D eigenvalue weighted by Crippen LogP contribution is 2.74. The van der Waals surface area contributed by atoms with Crippen molar-refractivity contribution in [1.82, 2.24) is 9.88 Å². The van der Waals surface area contributed by atoms with Crippen LogP contribution >= 0.6 is 27.2 Å². The fraction of sp³-hybridized carbons (Fsp3) is 0.500. The Labute approximate surface area is 188 Å². The van der Waals surface area contributed by atoms with Crippen LogP contribution in [0.5, 0.6) is 28.9 Å². The van der Waals surface area contributed by atoms with E-state index in [-0.39, 0.29) is 45.5 Å². The van der Waals surface area contributed by atoms with Gasteiger partial charge in [0.05, 0.1) is 11.4 Å². The molecule has 0 radical (unpaired) electrons. The summed E-state index contributed by atoms with van der Waals surface area (Å²) in [7, 11) is -8.24. The van der Waals surface area contributed by atoms with E-state index >= 15 is 0 Å². The van der Waals surface area contributed by atoms with Crippen LogP contribution in [0.2, 0.25) is 5.02 Å². The van der Waals surface area contributed by atoms with Gasteiger partial charge in [0.2, 0.25) is 5.75 Å². The SMILES string of the molecule is CCN(CC)CCCC(C)N1OP2(=O)Oc3c(Cl)c(c4nc5c6c1c4c3OP(=O)(O5)O6)O2. The van der Waals surface area contributed by atoms with E-state index in [9.17, 15) is 9.13 Å². The highest BCUT2D eigenvalue weighted by Gasteiger charge is 2.56. The minimum Gasteiger partial charge on any atom is -0.390 e. The topological polar surface area (TPSA) is 109 Å². The third kappa shape index (κ3) is 2.78. The molecule has 0 spiro atoms. The summed E-state index contributed by atoms with van der Waals surface area (Å²) in [5.41, 5.74) is 0.600. The molecule has 172 valence electrons. The van der Waals surface area contributed by atoms with Crippen LogP contribution in [0.1, 0.15) is 33.6 Å². The molecule has 14 heteroatoms. The van der Waals surface area contributed by atoms with Crippen molar-refractivity contribution in [1.29, 1.82) is 0 Å². The van der Waals surface area contributed by atoms with E-state index in [0.29, 0.717) is 17.5 Å². The van der Waals surface area contributed by atoms with Gasteiger partial charge in [-0.25, -0.2) is 14.6 Å². The second-order valence-corrected chi connectivity index (χ2v) is 11.1. The first-order valence-corrected chi connectivity index (χ1v) is 13.7. The maximum Gasteiger partial charge on any atom is 0.648 e. The highest BCUT2D eigenvalue weighted by atomic mass is 35.5. The molecule has 0 aliphatic carbocycles. The molecule has 9 bridgehead atoms. The van der Waals surface area contributed by atoms with E-state index in [1.54, 1.807) is 0 Å². The molecule has 32 heavy (non-hydrogen) atoms. The predicted molar refractivity (Wildman–Crippen MR) is 115 cm³/mol. The zero-order valence-corrected chi connectivity index (χ0v) is 20.0. The van der Waals surface area contributed by atoms with E-state index in [1.165, 1.54) is 5.06 Å². The smallest absolute Gasteiger partial charge is 0.390 e. The van der Waals surface area contributed by atoms with E-state index in [0.717, 1.165) is 26.1 Å². The quantitative estimate of drug-likeness (QED) is 0.459. The van der Waals surface area contributed by atoms with Gasteiger partial charge in [-0.05, 0) is 39.4 Å². The Morgan fingerprint density at radius 1 is 1.00 bits per heavy atom. The zero-order valence-electron chi connectivity index (χ0n) is 17.5. The molecule has 3 unspecified atom stereocenters. The van der Waals surface area contributed by atoms with Crippen LogP contribution in [0, 0.1) is 0 Å². The van der Waals surface area contributed by atoms with Crippen LogP contribution in [0.4, 0.5) is 5.69 Å². The number of hydrogen-bond donors (Lipinski definition) is 0. The first-order chi connectivity index (χ1) is 15.3. The number of hydrogen-bond acceptors (Lipinski definition) is 11. The van der Waals surface area contributed by atoms with Gasteiger partial charge >= 0.3 is 15.6 Å². The molecule has 1 aromatic carbocycles. The first-order valence-electron chi connectivity index (χ1n) is 10.4. The fourth-order valence-corrected chi connectivity index (χ4v) is 7.27. The van der Waals surface area contributed by atoms with Gasteiger partial charge in [0.15, 0.2) is 17.2 Å². The maximum atomic E-state index is 13.5. The minimum atomic E-state index is -4.18. The predicted octanol–water partition coefficient (Wildman–Crippen LogP) is 5.30. The maximum absolute atomic E-state index is 13.5. The molecule has 11 nitrogen and oxygen atoms in total. The van der Waals surface area contributed by atoms with Gasteiger partial charge in [0.25, 0.3) is 5.88 Å². The first kappa shape index (κ1) is 20.7. The van der Waals surface area contributed by atoms with E-state index in [4.69, 9.17) is 38.8 Å². The molecule has 6 heterocycles. The average molecular weight is 504 g/mol. The third-order valence-electron chi connectivity index (χ3n) is 5.95. The summed E-state index contributed by atoms with van der Waals surface area (Å²) in [5, 5.41) is 1.81. The highest BCUT2D eigenvalue weighted by molar-refractivity contribution is 7.50. The Bertz CT molecular complexity index is 1270. The minimum absolute atomic E-state index is 0.00389. The van der Waals surface area contributed by atoms with Crippen molar-refractivity contribution in [3.05, 3.63) is 5.02 Å². The van der Waals surface area contributed by atoms with E-state index in [1.807, 2.05) is 6.92 Å². The Hall–Kier alpha value is -1.90. The molecule has 0 saturated heterocycles. The summed E-state index contributed by atoms with van der Waals surface area (Å²) in [6, 6.07) is -0.283.